The van der Waals surface area contributed by atoms with Gasteiger partial charge in [0.2, 0.25) is 0 Å². The van der Waals surface area contributed by atoms with E-state index in [1.54, 1.807) is 0 Å². The maximum absolute atomic E-state index is 6.26. The Morgan fingerprint density at radius 3 is 1.30 bits per heavy atom. The highest BCUT2D eigenvalue weighted by molar-refractivity contribution is 5.35. The zero-order chi connectivity index (χ0) is 15.9. The molecule has 2 saturated carbocycles. The molecule has 2 aromatic carbocycles. The van der Waals surface area contributed by atoms with Crippen LogP contribution in [0.5, 0.6) is 0 Å². The van der Waals surface area contributed by atoms with E-state index in [0.29, 0.717) is 10.8 Å². The highest BCUT2D eigenvalue weighted by atomic mass is 16.5. The number of hydrogen-bond acceptors (Lipinski definition) is 1. The minimum absolute atomic E-state index is 0.303. The van der Waals surface area contributed by atoms with Crippen molar-refractivity contribution in [2.24, 2.45) is 0 Å². The Balaban J connectivity index is 1.38. The van der Waals surface area contributed by atoms with E-state index in [1.807, 2.05) is 0 Å². The summed E-state index contributed by atoms with van der Waals surface area (Å²) in [5.41, 5.74) is 6.20. The third-order valence-corrected chi connectivity index (χ3v) is 5.79. The standard InChI is InChI=1S/C22H26O/c1-17-3-7-19(8-4-17)21(11-12-21)15-23-16-22(13-14-22)20-9-5-18(2)6-10-20/h3-10H,11-16H2,1-2H3. The number of ether oxygens (including phenoxy) is 1. The summed E-state index contributed by atoms with van der Waals surface area (Å²) in [6, 6.07) is 18.1. The first kappa shape index (κ1) is 15.0. The normalized spacial score (nSPS) is 20.3. The second-order valence-corrected chi connectivity index (χ2v) is 7.79. The van der Waals surface area contributed by atoms with Crippen molar-refractivity contribution in [2.75, 3.05) is 13.2 Å². The van der Waals surface area contributed by atoms with Crippen LogP contribution in [0.15, 0.2) is 48.5 Å². The van der Waals surface area contributed by atoms with Gasteiger partial charge in [0.15, 0.2) is 0 Å². The van der Waals surface area contributed by atoms with Gasteiger partial charge < -0.3 is 4.74 Å². The predicted octanol–water partition coefficient (Wildman–Crippen LogP) is 5.08. The largest absolute Gasteiger partial charge is 0.380 e. The molecular weight excluding hydrogens is 280 g/mol. The van der Waals surface area contributed by atoms with E-state index < -0.39 is 0 Å². The Bertz CT molecular complexity index is 611. The van der Waals surface area contributed by atoms with Crippen LogP contribution in [0.3, 0.4) is 0 Å². The Morgan fingerprint density at radius 1 is 0.652 bits per heavy atom. The summed E-state index contributed by atoms with van der Waals surface area (Å²) in [7, 11) is 0. The lowest BCUT2D eigenvalue weighted by molar-refractivity contribution is 0.0945. The van der Waals surface area contributed by atoms with Gasteiger partial charge in [0.05, 0.1) is 13.2 Å². The van der Waals surface area contributed by atoms with Gasteiger partial charge in [-0.15, -0.1) is 0 Å². The zero-order valence-electron chi connectivity index (χ0n) is 14.3. The second kappa shape index (κ2) is 5.49. The monoisotopic (exact) mass is 306 g/mol. The van der Waals surface area contributed by atoms with Gasteiger partial charge in [-0.2, -0.15) is 0 Å². The molecule has 0 unspecified atom stereocenters. The molecule has 0 heterocycles. The van der Waals surface area contributed by atoms with Crippen LogP contribution >= 0.6 is 0 Å². The lowest BCUT2D eigenvalue weighted by atomic mass is 9.95. The highest BCUT2D eigenvalue weighted by Crippen LogP contribution is 2.51. The average molecular weight is 306 g/mol. The molecule has 0 aliphatic heterocycles. The van der Waals surface area contributed by atoms with E-state index in [-0.39, 0.29) is 0 Å². The Morgan fingerprint density at radius 2 is 1.00 bits per heavy atom. The third kappa shape index (κ3) is 2.95. The van der Waals surface area contributed by atoms with Crippen molar-refractivity contribution < 1.29 is 4.74 Å². The number of rotatable bonds is 6. The fourth-order valence-corrected chi connectivity index (χ4v) is 3.59. The summed E-state index contributed by atoms with van der Waals surface area (Å²) in [5, 5.41) is 0. The molecule has 120 valence electrons. The summed E-state index contributed by atoms with van der Waals surface area (Å²) in [5.74, 6) is 0. The molecular formula is C22H26O. The summed E-state index contributed by atoms with van der Waals surface area (Å²) in [6.45, 7) is 6.06. The van der Waals surface area contributed by atoms with Crippen molar-refractivity contribution in [1.29, 1.82) is 0 Å². The Hall–Kier alpha value is -1.60. The molecule has 1 nitrogen and oxygen atoms in total. The maximum Gasteiger partial charge on any atom is 0.0563 e. The van der Waals surface area contributed by atoms with Gasteiger partial charge >= 0.3 is 0 Å². The van der Waals surface area contributed by atoms with Crippen LogP contribution in [0.4, 0.5) is 0 Å². The van der Waals surface area contributed by atoms with Gasteiger partial charge in [-0.1, -0.05) is 59.7 Å². The van der Waals surface area contributed by atoms with Crippen molar-refractivity contribution in [3.63, 3.8) is 0 Å². The Kier molecular flexibility index (Phi) is 3.57. The topological polar surface area (TPSA) is 9.23 Å². The van der Waals surface area contributed by atoms with E-state index in [2.05, 4.69) is 62.4 Å². The smallest absolute Gasteiger partial charge is 0.0563 e. The van der Waals surface area contributed by atoms with Crippen molar-refractivity contribution >= 4 is 0 Å². The summed E-state index contributed by atoms with van der Waals surface area (Å²) >= 11 is 0. The molecule has 0 saturated heterocycles. The maximum atomic E-state index is 6.26. The quantitative estimate of drug-likeness (QED) is 0.723. The molecule has 23 heavy (non-hydrogen) atoms. The molecule has 0 amide bonds. The van der Waals surface area contributed by atoms with Crippen molar-refractivity contribution in [3.8, 4) is 0 Å². The van der Waals surface area contributed by atoms with E-state index in [9.17, 15) is 0 Å². The second-order valence-electron chi connectivity index (χ2n) is 7.79. The highest BCUT2D eigenvalue weighted by Gasteiger charge is 2.47. The fourth-order valence-electron chi connectivity index (χ4n) is 3.59. The molecule has 0 bridgehead atoms. The molecule has 1 heteroatoms. The average Bonchev–Trinajstić information content (AvgIpc) is 3.46. The summed E-state index contributed by atoms with van der Waals surface area (Å²) < 4.78 is 6.26. The fraction of sp³-hybridized carbons (Fsp3) is 0.455. The molecule has 0 aromatic heterocycles. The SMILES string of the molecule is Cc1ccc(C2(COCC3(c4ccc(C)cc4)CC3)CC2)cc1. The third-order valence-electron chi connectivity index (χ3n) is 5.79. The minimum atomic E-state index is 0.303. The molecule has 0 radical (unpaired) electrons. The van der Waals surface area contributed by atoms with Crippen LogP contribution in [-0.2, 0) is 15.6 Å². The van der Waals surface area contributed by atoms with E-state index >= 15 is 0 Å². The van der Waals surface area contributed by atoms with E-state index in [1.165, 1.54) is 47.9 Å². The first-order valence-electron chi connectivity index (χ1n) is 8.84. The Labute approximate surface area is 139 Å². The molecule has 2 fully saturated rings. The van der Waals surface area contributed by atoms with Gasteiger partial charge in [-0.3, -0.25) is 0 Å². The minimum Gasteiger partial charge on any atom is -0.380 e. The van der Waals surface area contributed by atoms with Crippen LogP contribution in [0.25, 0.3) is 0 Å². The van der Waals surface area contributed by atoms with Crippen LogP contribution in [0.2, 0.25) is 0 Å². The molecule has 0 spiro atoms. The van der Waals surface area contributed by atoms with Gasteiger partial charge in [0, 0.05) is 10.8 Å². The number of benzene rings is 2. The molecule has 0 atom stereocenters. The molecule has 0 N–H and O–H groups in total. The van der Waals surface area contributed by atoms with E-state index in [0.717, 1.165) is 13.2 Å². The lowest BCUT2D eigenvalue weighted by Gasteiger charge is -2.20. The van der Waals surface area contributed by atoms with Crippen LogP contribution < -0.4 is 0 Å². The van der Waals surface area contributed by atoms with Gasteiger partial charge in [0.1, 0.15) is 0 Å². The zero-order valence-corrected chi connectivity index (χ0v) is 14.3. The van der Waals surface area contributed by atoms with E-state index in [4.69, 9.17) is 4.74 Å². The summed E-state index contributed by atoms with van der Waals surface area (Å²) in [6.07, 6.45) is 5.09. The first-order valence-corrected chi connectivity index (χ1v) is 8.84. The lowest BCUT2D eigenvalue weighted by Crippen LogP contribution is -2.21. The molecule has 2 aromatic rings. The van der Waals surface area contributed by atoms with Crippen LogP contribution in [-0.4, -0.2) is 13.2 Å². The van der Waals surface area contributed by atoms with Crippen LogP contribution in [0.1, 0.15) is 47.9 Å². The van der Waals surface area contributed by atoms with Crippen molar-refractivity contribution in [2.45, 2.75) is 50.4 Å². The van der Waals surface area contributed by atoms with Crippen LogP contribution in [0, 0.1) is 13.8 Å². The summed E-state index contributed by atoms with van der Waals surface area (Å²) in [4.78, 5) is 0. The molecule has 4 rings (SSSR count). The number of hydrogen-bond donors (Lipinski definition) is 0. The first-order chi connectivity index (χ1) is 11.1. The van der Waals surface area contributed by atoms with Gasteiger partial charge in [-0.25, -0.2) is 0 Å². The van der Waals surface area contributed by atoms with Gasteiger partial charge in [0.25, 0.3) is 0 Å². The predicted molar refractivity (Wildman–Crippen MR) is 95.0 cm³/mol. The van der Waals surface area contributed by atoms with Gasteiger partial charge in [-0.05, 0) is 50.7 Å². The molecule has 2 aliphatic rings. The van der Waals surface area contributed by atoms with Crippen molar-refractivity contribution in [1.82, 2.24) is 0 Å². The number of aryl methyl sites for hydroxylation is 2. The van der Waals surface area contributed by atoms with Crippen molar-refractivity contribution in [3.05, 3.63) is 70.8 Å². The molecule has 2 aliphatic carbocycles.